The van der Waals surface area contributed by atoms with Crippen LogP contribution in [0.15, 0.2) is 64.0 Å². The van der Waals surface area contributed by atoms with E-state index in [-0.39, 0.29) is 17.8 Å². The Labute approximate surface area is 166 Å². The molecule has 1 aromatic heterocycles. The lowest BCUT2D eigenvalue weighted by atomic mass is 10.2. The summed E-state index contributed by atoms with van der Waals surface area (Å²) in [6.45, 7) is 1.63. The zero-order valence-electron chi connectivity index (χ0n) is 14.5. The highest BCUT2D eigenvalue weighted by molar-refractivity contribution is 6.35. The molecule has 4 nitrogen and oxygen atoms in total. The number of halogens is 2. The molecule has 0 radical (unpaired) electrons. The Morgan fingerprint density at radius 2 is 1.96 bits per heavy atom. The maximum absolute atomic E-state index is 12.4. The van der Waals surface area contributed by atoms with Gasteiger partial charge in [-0.15, -0.1) is 0 Å². The van der Waals surface area contributed by atoms with E-state index in [1.807, 2.05) is 12.1 Å². The van der Waals surface area contributed by atoms with Gasteiger partial charge in [0.15, 0.2) is 0 Å². The predicted octanol–water partition coefficient (Wildman–Crippen LogP) is 5.09. The van der Waals surface area contributed by atoms with E-state index < -0.39 is 0 Å². The van der Waals surface area contributed by atoms with E-state index in [0.717, 1.165) is 18.5 Å². The van der Waals surface area contributed by atoms with E-state index in [9.17, 15) is 4.79 Å². The molecule has 6 heteroatoms. The van der Waals surface area contributed by atoms with Gasteiger partial charge in [0.25, 0.3) is 0 Å². The molecule has 3 aromatic rings. The van der Waals surface area contributed by atoms with Gasteiger partial charge in [0.05, 0.1) is 6.54 Å². The molecule has 138 valence electrons. The van der Waals surface area contributed by atoms with Crippen LogP contribution in [-0.2, 0) is 19.6 Å². The summed E-state index contributed by atoms with van der Waals surface area (Å²) in [5.74, 6) is 0.764. The van der Waals surface area contributed by atoms with Crippen LogP contribution in [0.4, 0.5) is 5.69 Å². The van der Waals surface area contributed by atoms with Crippen LogP contribution in [0.3, 0.4) is 0 Å². The highest BCUT2D eigenvalue weighted by Crippen LogP contribution is 2.29. The van der Waals surface area contributed by atoms with Crippen LogP contribution >= 0.6 is 23.2 Å². The standard InChI is InChI=1S/C21H17Cl2NO3/c22-16-6-5-15(18(23)9-16)12-27-21-13-26-17(10-20(21)25)11-24-8-7-14-3-1-2-4-19(14)24/h1-6,9-10,13H,7-8,11-12H2. The van der Waals surface area contributed by atoms with E-state index in [4.69, 9.17) is 32.4 Å². The minimum absolute atomic E-state index is 0.159. The summed E-state index contributed by atoms with van der Waals surface area (Å²) in [5.41, 5.74) is 3.05. The summed E-state index contributed by atoms with van der Waals surface area (Å²) in [4.78, 5) is 14.6. The van der Waals surface area contributed by atoms with E-state index in [0.29, 0.717) is 22.4 Å². The van der Waals surface area contributed by atoms with Crippen LogP contribution in [-0.4, -0.2) is 6.54 Å². The zero-order chi connectivity index (χ0) is 18.8. The van der Waals surface area contributed by atoms with Crippen LogP contribution < -0.4 is 15.1 Å². The van der Waals surface area contributed by atoms with Crippen LogP contribution in [0.25, 0.3) is 0 Å². The Bertz CT molecular complexity index is 1030. The van der Waals surface area contributed by atoms with Gasteiger partial charge in [-0.3, -0.25) is 4.79 Å². The van der Waals surface area contributed by atoms with Crippen LogP contribution in [0, 0.1) is 0 Å². The molecule has 0 saturated carbocycles. The van der Waals surface area contributed by atoms with Crippen molar-refractivity contribution >= 4 is 28.9 Å². The lowest BCUT2D eigenvalue weighted by molar-refractivity contribution is 0.289. The topological polar surface area (TPSA) is 42.7 Å². The molecule has 0 aliphatic carbocycles. The molecule has 0 N–H and O–H groups in total. The number of ether oxygens (including phenoxy) is 1. The van der Waals surface area contributed by atoms with E-state index in [1.54, 1.807) is 18.2 Å². The van der Waals surface area contributed by atoms with Crippen molar-refractivity contribution in [3.05, 3.63) is 91.9 Å². The quantitative estimate of drug-likeness (QED) is 0.597. The number of benzene rings is 2. The van der Waals surface area contributed by atoms with Crippen molar-refractivity contribution in [2.75, 3.05) is 11.4 Å². The van der Waals surface area contributed by atoms with E-state index in [2.05, 4.69) is 17.0 Å². The maximum Gasteiger partial charge on any atom is 0.227 e. The number of para-hydroxylation sites is 1. The second-order valence-corrected chi connectivity index (χ2v) is 7.24. The van der Waals surface area contributed by atoms with Crippen LogP contribution in [0.2, 0.25) is 10.0 Å². The average Bonchev–Trinajstić information content (AvgIpc) is 3.05. The van der Waals surface area contributed by atoms with Crippen molar-refractivity contribution in [3.63, 3.8) is 0 Å². The molecule has 0 spiro atoms. The maximum atomic E-state index is 12.4. The Hall–Kier alpha value is -2.43. The molecule has 0 unspecified atom stereocenters. The first-order chi connectivity index (χ1) is 13.1. The number of hydrogen-bond donors (Lipinski definition) is 0. The van der Waals surface area contributed by atoms with Crippen molar-refractivity contribution < 1.29 is 9.15 Å². The van der Waals surface area contributed by atoms with Gasteiger partial charge in [-0.1, -0.05) is 47.5 Å². The smallest absolute Gasteiger partial charge is 0.227 e. The van der Waals surface area contributed by atoms with Crippen molar-refractivity contribution in [2.45, 2.75) is 19.6 Å². The Kier molecular flexibility index (Phi) is 5.10. The summed E-state index contributed by atoms with van der Waals surface area (Å²) in [7, 11) is 0. The van der Waals surface area contributed by atoms with Crippen LogP contribution in [0.5, 0.6) is 5.75 Å². The van der Waals surface area contributed by atoms with E-state index >= 15 is 0 Å². The van der Waals surface area contributed by atoms with Gasteiger partial charge in [-0.2, -0.15) is 0 Å². The van der Waals surface area contributed by atoms with E-state index in [1.165, 1.54) is 23.6 Å². The molecule has 2 aromatic carbocycles. The predicted molar refractivity (Wildman–Crippen MR) is 107 cm³/mol. The number of fused-ring (bicyclic) bond motifs is 1. The van der Waals surface area contributed by atoms with Gasteiger partial charge in [0, 0.05) is 33.9 Å². The number of rotatable bonds is 5. The van der Waals surface area contributed by atoms with Gasteiger partial charge in [-0.05, 0) is 30.2 Å². The Morgan fingerprint density at radius 1 is 1.11 bits per heavy atom. The molecular formula is C21H17Cl2NO3. The number of hydrogen-bond acceptors (Lipinski definition) is 4. The molecule has 0 fully saturated rings. The minimum atomic E-state index is -0.214. The molecule has 0 atom stereocenters. The third-order valence-electron chi connectivity index (χ3n) is 4.58. The zero-order valence-corrected chi connectivity index (χ0v) is 16.0. The fourth-order valence-corrected chi connectivity index (χ4v) is 3.64. The summed E-state index contributed by atoms with van der Waals surface area (Å²) in [6.07, 6.45) is 2.37. The monoisotopic (exact) mass is 401 g/mol. The third-order valence-corrected chi connectivity index (χ3v) is 5.17. The third kappa shape index (κ3) is 3.97. The fraction of sp³-hybridized carbons (Fsp3) is 0.190. The average molecular weight is 402 g/mol. The molecular weight excluding hydrogens is 385 g/mol. The molecule has 2 heterocycles. The van der Waals surface area contributed by atoms with Gasteiger partial charge in [0.2, 0.25) is 11.2 Å². The second kappa shape index (κ2) is 7.67. The van der Waals surface area contributed by atoms with Crippen LogP contribution in [0.1, 0.15) is 16.9 Å². The highest BCUT2D eigenvalue weighted by Gasteiger charge is 2.19. The summed E-state index contributed by atoms with van der Waals surface area (Å²) in [5, 5.41) is 1.05. The SMILES string of the molecule is O=c1cc(CN2CCc3ccccc32)occ1OCc1ccc(Cl)cc1Cl. The van der Waals surface area contributed by atoms with Gasteiger partial charge < -0.3 is 14.1 Å². The fourth-order valence-electron chi connectivity index (χ4n) is 3.18. The molecule has 0 amide bonds. The minimum Gasteiger partial charge on any atom is -0.482 e. The van der Waals surface area contributed by atoms with Gasteiger partial charge >= 0.3 is 0 Å². The normalized spacial score (nSPS) is 12.9. The molecule has 1 aliphatic rings. The van der Waals surface area contributed by atoms with Crippen molar-refractivity contribution in [3.8, 4) is 5.75 Å². The van der Waals surface area contributed by atoms with Gasteiger partial charge in [-0.25, -0.2) is 0 Å². The largest absolute Gasteiger partial charge is 0.482 e. The first kappa shape index (κ1) is 18.0. The van der Waals surface area contributed by atoms with Gasteiger partial charge in [0.1, 0.15) is 18.6 Å². The number of anilines is 1. The second-order valence-electron chi connectivity index (χ2n) is 6.40. The van der Waals surface area contributed by atoms with Crippen molar-refractivity contribution in [1.82, 2.24) is 0 Å². The molecule has 0 bridgehead atoms. The summed E-state index contributed by atoms with van der Waals surface area (Å²) < 4.78 is 11.2. The van der Waals surface area contributed by atoms with Crippen molar-refractivity contribution in [2.24, 2.45) is 0 Å². The summed E-state index contributed by atoms with van der Waals surface area (Å²) >= 11 is 12.0. The highest BCUT2D eigenvalue weighted by atomic mass is 35.5. The first-order valence-corrected chi connectivity index (χ1v) is 9.37. The summed E-state index contributed by atoms with van der Waals surface area (Å²) in [6, 6.07) is 14.9. The molecule has 0 saturated heterocycles. The molecule has 27 heavy (non-hydrogen) atoms. The molecule has 1 aliphatic heterocycles. The number of nitrogens with zero attached hydrogens (tertiary/aromatic N) is 1. The first-order valence-electron chi connectivity index (χ1n) is 8.61. The lowest BCUT2D eigenvalue weighted by Crippen LogP contribution is -2.20. The Morgan fingerprint density at radius 3 is 2.78 bits per heavy atom. The Balaban J connectivity index is 1.44. The van der Waals surface area contributed by atoms with Crippen molar-refractivity contribution in [1.29, 1.82) is 0 Å². The lowest BCUT2D eigenvalue weighted by Gasteiger charge is -2.18. The molecule has 4 rings (SSSR count).